The smallest absolute Gasteiger partial charge is 0.248 e. The second-order valence-electron chi connectivity index (χ2n) is 4.04. The summed E-state index contributed by atoms with van der Waals surface area (Å²) in [6.45, 7) is 0.309. The number of primary amides is 1. The number of amides is 1. The first kappa shape index (κ1) is 13.0. The highest BCUT2D eigenvalue weighted by Crippen LogP contribution is 2.16. The molecule has 2 rings (SSSR count). The molecule has 3 nitrogen and oxygen atoms in total. The van der Waals surface area contributed by atoms with Gasteiger partial charge in [-0.2, -0.15) is 0 Å². The number of hydrogen-bond acceptors (Lipinski definition) is 2. The fourth-order valence-corrected chi connectivity index (χ4v) is 1.66. The topological polar surface area (TPSA) is 55.1 Å². The highest BCUT2D eigenvalue weighted by atomic mass is 19.1. The Hall–Kier alpha value is -2.43. The average molecular weight is 262 g/mol. The number of hydrogen-bond donors (Lipinski definition) is 2. The Balaban J connectivity index is 2.10. The Morgan fingerprint density at radius 2 is 1.95 bits per heavy atom. The molecule has 0 aliphatic heterocycles. The van der Waals surface area contributed by atoms with Crippen LogP contribution >= 0.6 is 0 Å². The van der Waals surface area contributed by atoms with Crippen molar-refractivity contribution in [2.45, 2.75) is 6.54 Å². The number of carbonyl (C=O) groups excluding carboxylic acids is 1. The van der Waals surface area contributed by atoms with Gasteiger partial charge in [0, 0.05) is 18.2 Å². The van der Waals surface area contributed by atoms with Crippen LogP contribution in [0, 0.1) is 11.6 Å². The third kappa shape index (κ3) is 3.28. The van der Waals surface area contributed by atoms with Crippen LogP contribution in [0.2, 0.25) is 0 Å². The normalized spacial score (nSPS) is 10.2. The number of nitrogens with one attached hydrogen (secondary N) is 1. The maximum atomic E-state index is 13.4. The molecule has 2 aromatic carbocycles. The number of nitrogens with two attached hydrogens (primary N) is 1. The summed E-state index contributed by atoms with van der Waals surface area (Å²) in [5, 5.41) is 2.83. The van der Waals surface area contributed by atoms with Crippen molar-refractivity contribution < 1.29 is 13.6 Å². The fraction of sp³-hybridized carbons (Fsp3) is 0.0714. The lowest BCUT2D eigenvalue weighted by Gasteiger charge is -2.08. The molecule has 0 saturated heterocycles. The third-order valence-corrected chi connectivity index (χ3v) is 2.63. The maximum absolute atomic E-state index is 13.4. The van der Waals surface area contributed by atoms with Crippen LogP contribution in [-0.4, -0.2) is 5.91 Å². The molecule has 0 heterocycles. The zero-order chi connectivity index (χ0) is 13.8. The monoisotopic (exact) mass is 262 g/mol. The predicted molar refractivity (Wildman–Crippen MR) is 68.6 cm³/mol. The van der Waals surface area contributed by atoms with Gasteiger partial charge in [-0.15, -0.1) is 0 Å². The summed E-state index contributed by atoms with van der Waals surface area (Å²) in [6.07, 6.45) is 0. The Bertz CT molecular complexity index is 614. The van der Waals surface area contributed by atoms with Gasteiger partial charge in [-0.05, 0) is 29.8 Å². The van der Waals surface area contributed by atoms with E-state index in [4.69, 9.17) is 5.73 Å². The average Bonchev–Trinajstić information content (AvgIpc) is 2.38. The van der Waals surface area contributed by atoms with E-state index < -0.39 is 17.5 Å². The molecule has 98 valence electrons. The molecule has 0 saturated carbocycles. The van der Waals surface area contributed by atoms with E-state index >= 15 is 0 Å². The van der Waals surface area contributed by atoms with Crippen molar-refractivity contribution >= 4 is 11.6 Å². The highest BCUT2D eigenvalue weighted by Gasteiger charge is 2.04. The number of rotatable bonds is 4. The molecule has 0 spiro atoms. The van der Waals surface area contributed by atoms with Gasteiger partial charge in [0.15, 0.2) is 0 Å². The Morgan fingerprint density at radius 3 is 2.63 bits per heavy atom. The standard InChI is InChI=1S/C14H12F2N2O/c15-11-4-5-13(12(16)7-11)18-8-9-2-1-3-10(6-9)14(17)19/h1-7,18H,8H2,(H2,17,19). The maximum Gasteiger partial charge on any atom is 0.248 e. The first-order chi connectivity index (χ1) is 9.06. The van der Waals surface area contributed by atoms with Crippen molar-refractivity contribution in [2.24, 2.45) is 5.73 Å². The van der Waals surface area contributed by atoms with E-state index in [0.29, 0.717) is 12.1 Å². The molecule has 0 unspecified atom stereocenters. The second kappa shape index (κ2) is 5.48. The van der Waals surface area contributed by atoms with Crippen LogP contribution < -0.4 is 11.1 Å². The summed E-state index contributed by atoms with van der Waals surface area (Å²) < 4.78 is 26.1. The minimum Gasteiger partial charge on any atom is -0.379 e. The number of benzene rings is 2. The molecule has 0 aliphatic rings. The van der Waals surface area contributed by atoms with Gasteiger partial charge < -0.3 is 11.1 Å². The number of anilines is 1. The zero-order valence-electron chi connectivity index (χ0n) is 9.99. The Labute approximate surface area is 109 Å². The van der Waals surface area contributed by atoms with Crippen molar-refractivity contribution in [1.29, 1.82) is 0 Å². The fourth-order valence-electron chi connectivity index (χ4n) is 1.66. The zero-order valence-corrected chi connectivity index (χ0v) is 9.99. The second-order valence-corrected chi connectivity index (χ2v) is 4.04. The van der Waals surface area contributed by atoms with Crippen LogP contribution in [0.25, 0.3) is 0 Å². The largest absolute Gasteiger partial charge is 0.379 e. The molecule has 5 heteroatoms. The van der Waals surface area contributed by atoms with Gasteiger partial charge in [0.25, 0.3) is 0 Å². The molecule has 0 fully saturated rings. The number of carbonyl (C=O) groups is 1. The van der Waals surface area contributed by atoms with E-state index in [0.717, 1.165) is 11.6 Å². The van der Waals surface area contributed by atoms with E-state index in [1.807, 2.05) is 0 Å². The molecular weight excluding hydrogens is 250 g/mol. The SMILES string of the molecule is NC(=O)c1cccc(CNc2ccc(F)cc2F)c1. The van der Waals surface area contributed by atoms with E-state index in [2.05, 4.69) is 5.32 Å². The lowest BCUT2D eigenvalue weighted by Crippen LogP contribution is -2.11. The number of halogens is 2. The molecule has 19 heavy (non-hydrogen) atoms. The van der Waals surface area contributed by atoms with Gasteiger partial charge in [0.1, 0.15) is 11.6 Å². The molecule has 0 aliphatic carbocycles. The molecule has 2 aromatic rings. The van der Waals surface area contributed by atoms with Crippen molar-refractivity contribution in [1.82, 2.24) is 0 Å². The van der Waals surface area contributed by atoms with Gasteiger partial charge in [-0.1, -0.05) is 12.1 Å². The molecule has 0 bridgehead atoms. The molecule has 0 aromatic heterocycles. The summed E-state index contributed by atoms with van der Waals surface area (Å²) >= 11 is 0. The Morgan fingerprint density at radius 1 is 1.16 bits per heavy atom. The summed E-state index contributed by atoms with van der Waals surface area (Å²) in [6, 6.07) is 10.00. The summed E-state index contributed by atoms with van der Waals surface area (Å²) in [4.78, 5) is 11.0. The Kier molecular flexibility index (Phi) is 3.75. The van der Waals surface area contributed by atoms with Crippen LogP contribution in [0.4, 0.5) is 14.5 Å². The first-order valence-corrected chi connectivity index (χ1v) is 5.64. The van der Waals surface area contributed by atoms with Crippen LogP contribution in [-0.2, 0) is 6.54 Å². The van der Waals surface area contributed by atoms with Gasteiger partial charge in [0.2, 0.25) is 5.91 Å². The first-order valence-electron chi connectivity index (χ1n) is 5.64. The van der Waals surface area contributed by atoms with Gasteiger partial charge >= 0.3 is 0 Å². The van der Waals surface area contributed by atoms with Gasteiger partial charge in [-0.25, -0.2) is 8.78 Å². The molecule has 0 atom stereocenters. The van der Waals surface area contributed by atoms with E-state index in [1.54, 1.807) is 24.3 Å². The van der Waals surface area contributed by atoms with E-state index in [-0.39, 0.29) is 5.69 Å². The van der Waals surface area contributed by atoms with Crippen molar-refractivity contribution in [3.8, 4) is 0 Å². The van der Waals surface area contributed by atoms with Gasteiger partial charge in [0.05, 0.1) is 5.69 Å². The third-order valence-electron chi connectivity index (χ3n) is 2.63. The lowest BCUT2D eigenvalue weighted by molar-refractivity contribution is 0.1000. The van der Waals surface area contributed by atoms with Crippen LogP contribution in [0.1, 0.15) is 15.9 Å². The van der Waals surface area contributed by atoms with E-state index in [9.17, 15) is 13.6 Å². The van der Waals surface area contributed by atoms with Crippen LogP contribution in [0.5, 0.6) is 0 Å². The molecule has 0 radical (unpaired) electrons. The van der Waals surface area contributed by atoms with Crippen LogP contribution in [0.3, 0.4) is 0 Å². The predicted octanol–water partition coefficient (Wildman–Crippen LogP) is 2.68. The molecule has 3 N–H and O–H groups in total. The minimum absolute atomic E-state index is 0.200. The lowest BCUT2D eigenvalue weighted by atomic mass is 10.1. The van der Waals surface area contributed by atoms with Crippen LogP contribution in [0.15, 0.2) is 42.5 Å². The molecular formula is C14H12F2N2O. The quantitative estimate of drug-likeness (QED) is 0.890. The summed E-state index contributed by atoms with van der Waals surface area (Å²) in [5.74, 6) is -1.81. The summed E-state index contributed by atoms with van der Waals surface area (Å²) in [7, 11) is 0. The van der Waals surface area contributed by atoms with E-state index in [1.165, 1.54) is 12.1 Å². The highest BCUT2D eigenvalue weighted by molar-refractivity contribution is 5.92. The van der Waals surface area contributed by atoms with Gasteiger partial charge in [-0.3, -0.25) is 4.79 Å². The minimum atomic E-state index is -0.661. The molecule has 1 amide bonds. The van der Waals surface area contributed by atoms with Crippen molar-refractivity contribution in [3.63, 3.8) is 0 Å². The van der Waals surface area contributed by atoms with Crippen molar-refractivity contribution in [3.05, 3.63) is 65.2 Å². The summed E-state index contributed by atoms with van der Waals surface area (Å²) in [5.41, 5.74) is 6.54. The van der Waals surface area contributed by atoms with Crippen molar-refractivity contribution in [2.75, 3.05) is 5.32 Å².